The number of hydrogen-bond acceptors (Lipinski definition) is 3. The van der Waals surface area contributed by atoms with Gasteiger partial charge in [-0.25, -0.2) is 0 Å². The summed E-state index contributed by atoms with van der Waals surface area (Å²) in [6, 6.07) is 6.51. The first-order chi connectivity index (χ1) is 11.3. The quantitative estimate of drug-likeness (QED) is 0.596. The lowest BCUT2D eigenvalue weighted by Gasteiger charge is -2.41. The number of thioether (sulfide) groups is 1. The van der Waals surface area contributed by atoms with E-state index in [0.29, 0.717) is 11.8 Å². The molecule has 3 rings (SSSR count). The van der Waals surface area contributed by atoms with Crippen LogP contribution >= 0.6 is 23.4 Å². The second-order valence-electron chi connectivity index (χ2n) is 8.29. The average molecular weight is 369 g/mol. The molecule has 2 fully saturated rings. The van der Waals surface area contributed by atoms with Crippen molar-refractivity contribution < 1.29 is 9.47 Å². The summed E-state index contributed by atoms with van der Waals surface area (Å²) in [6.45, 7) is 8.33. The molecule has 0 aromatic heterocycles. The van der Waals surface area contributed by atoms with Gasteiger partial charge in [-0.05, 0) is 48.6 Å². The van der Waals surface area contributed by atoms with Gasteiger partial charge in [0.1, 0.15) is 0 Å². The highest BCUT2D eigenvalue weighted by atomic mass is 35.5. The second-order valence-corrected chi connectivity index (χ2v) is 9.55. The average Bonchev–Trinajstić information content (AvgIpc) is 2.94. The maximum Gasteiger partial charge on any atom is 0.168 e. The van der Waals surface area contributed by atoms with Gasteiger partial charge in [-0.1, -0.05) is 38.4 Å². The van der Waals surface area contributed by atoms with Crippen LogP contribution in [0.1, 0.15) is 57.9 Å². The molecule has 134 valence electrons. The predicted octanol–water partition coefficient (Wildman–Crippen LogP) is 6.12. The van der Waals surface area contributed by atoms with Gasteiger partial charge in [0.2, 0.25) is 0 Å². The largest absolute Gasteiger partial charge is 0.349 e. The van der Waals surface area contributed by atoms with Crippen molar-refractivity contribution in [3.63, 3.8) is 0 Å². The zero-order valence-corrected chi connectivity index (χ0v) is 16.8. The monoisotopic (exact) mass is 368 g/mol. The molecule has 2 nitrogen and oxygen atoms in total. The van der Waals surface area contributed by atoms with E-state index in [9.17, 15) is 0 Å². The van der Waals surface area contributed by atoms with Crippen molar-refractivity contribution in [2.24, 2.45) is 11.3 Å². The lowest BCUT2D eigenvalue weighted by Crippen LogP contribution is -2.46. The molecule has 1 saturated carbocycles. The van der Waals surface area contributed by atoms with Gasteiger partial charge >= 0.3 is 0 Å². The second kappa shape index (κ2) is 7.19. The highest BCUT2D eigenvalue weighted by molar-refractivity contribution is 7.98. The number of ether oxygens (including phenoxy) is 2. The summed E-state index contributed by atoms with van der Waals surface area (Å²) < 4.78 is 12.3. The van der Waals surface area contributed by atoms with Gasteiger partial charge in [0, 0.05) is 23.2 Å². The van der Waals surface area contributed by atoms with Crippen molar-refractivity contribution >= 4 is 23.4 Å². The maximum atomic E-state index is 6.37. The van der Waals surface area contributed by atoms with Crippen LogP contribution in [0.3, 0.4) is 0 Å². The molecule has 1 saturated heterocycles. The normalized spacial score (nSPS) is 26.6. The fraction of sp³-hybridized carbons (Fsp3) is 0.700. The Morgan fingerprint density at radius 3 is 2.62 bits per heavy atom. The summed E-state index contributed by atoms with van der Waals surface area (Å²) in [5.74, 6) is 0.874. The van der Waals surface area contributed by atoms with E-state index in [4.69, 9.17) is 21.1 Å². The SMILES string of the molecule is CSc1ccc(C(C)C[C@H]2CCC3(C2)OCC(C)(C)CO3)cc1Cl. The third kappa shape index (κ3) is 4.12. The minimum absolute atomic E-state index is 0.145. The van der Waals surface area contributed by atoms with E-state index in [-0.39, 0.29) is 11.2 Å². The summed E-state index contributed by atoms with van der Waals surface area (Å²) in [7, 11) is 0. The van der Waals surface area contributed by atoms with Crippen LogP contribution in [-0.2, 0) is 9.47 Å². The van der Waals surface area contributed by atoms with Crippen LogP contribution in [0.2, 0.25) is 5.02 Å². The lowest BCUT2D eigenvalue weighted by atomic mass is 9.89. The molecule has 1 aliphatic carbocycles. The summed E-state index contributed by atoms with van der Waals surface area (Å²) in [5, 5.41) is 0.871. The third-order valence-electron chi connectivity index (χ3n) is 5.42. The summed E-state index contributed by atoms with van der Waals surface area (Å²) >= 11 is 8.07. The summed E-state index contributed by atoms with van der Waals surface area (Å²) in [5.41, 5.74) is 1.48. The molecule has 1 unspecified atom stereocenters. The van der Waals surface area contributed by atoms with E-state index in [0.717, 1.165) is 36.0 Å². The zero-order chi connectivity index (χ0) is 17.4. The molecule has 1 spiro atoms. The highest BCUT2D eigenvalue weighted by Crippen LogP contribution is 2.46. The van der Waals surface area contributed by atoms with Crippen molar-refractivity contribution in [1.29, 1.82) is 0 Å². The van der Waals surface area contributed by atoms with Gasteiger partial charge in [-0.2, -0.15) is 0 Å². The van der Waals surface area contributed by atoms with E-state index in [2.05, 4.69) is 45.2 Å². The van der Waals surface area contributed by atoms with Crippen molar-refractivity contribution in [3.05, 3.63) is 28.8 Å². The Hall–Kier alpha value is -0.220. The van der Waals surface area contributed by atoms with Gasteiger partial charge < -0.3 is 9.47 Å². The van der Waals surface area contributed by atoms with Gasteiger partial charge in [0.25, 0.3) is 0 Å². The Bertz CT molecular complexity index is 577. The van der Waals surface area contributed by atoms with Crippen LogP contribution in [0.25, 0.3) is 0 Å². The van der Waals surface area contributed by atoms with Crippen LogP contribution in [-0.4, -0.2) is 25.3 Å². The van der Waals surface area contributed by atoms with Crippen LogP contribution in [0.15, 0.2) is 23.1 Å². The van der Waals surface area contributed by atoms with Crippen molar-refractivity contribution in [1.82, 2.24) is 0 Å². The van der Waals surface area contributed by atoms with E-state index >= 15 is 0 Å². The van der Waals surface area contributed by atoms with Crippen LogP contribution in [0, 0.1) is 11.3 Å². The molecule has 0 amide bonds. The molecular weight excluding hydrogens is 340 g/mol. The minimum atomic E-state index is -0.305. The van der Waals surface area contributed by atoms with Crippen LogP contribution < -0.4 is 0 Å². The predicted molar refractivity (Wildman–Crippen MR) is 102 cm³/mol. The number of hydrogen-bond donors (Lipinski definition) is 0. The standard InChI is InChI=1S/C20H29ClO2S/c1-14(16-5-6-18(24-4)17(21)10-16)9-15-7-8-20(11-15)22-12-19(2,3)13-23-20/h5-6,10,14-15H,7-9,11-13H2,1-4H3/t14?,15-/m1/s1. The van der Waals surface area contributed by atoms with Crippen molar-refractivity contribution in [2.45, 2.75) is 63.1 Å². The summed E-state index contributed by atoms with van der Waals surface area (Å²) in [4.78, 5) is 1.15. The van der Waals surface area contributed by atoms with E-state index in [1.807, 2.05) is 0 Å². The molecule has 0 N–H and O–H groups in total. The Morgan fingerprint density at radius 2 is 2.00 bits per heavy atom. The van der Waals surface area contributed by atoms with Gasteiger partial charge in [-0.3, -0.25) is 0 Å². The van der Waals surface area contributed by atoms with Gasteiger partial charge in [0.05, 0.1) is 18.2 Å². The van der Waals surface area contributed by atoms with Gasteiger partial charge in [0.15, 0.2) is 5.79 Å². The molecule has 2 aliphatic rings. The zero-order valence-electron chi connectivity index (χ0n) is 15.2. The third-order valence-corrected chi connectivity index (χ3v) is 6.64. The Kier molecular flexibility index (Phi) is 5.56. The molecule has 24 heavy (non-hydrogen) atoms. The molecule has 4 heteroatoms. The van der Waals surface area contributed by atoms with E-state index in [1.165, 1.54) is 18.4 Å². The fourth-order valence-corrected chi connectivity index (χ4v) is 4.77. The van der Waals surface area contributed by atoms with E-state index in [1.54, 1.807) is 11.8 Å². The first kappa shape index (κ1) is 18.6. The molecule has 1 heterocycles. The first-order valence-electron chi connectivity index (χ1n) is 8.94. The number of halogens is 1. The maximum absolute atomic E-state index is 6.37. The molecule has 1 aromatic carbocycles. The molecule has 1 aromatic rings. The number of rotatable bonds is 4. The Labute approximate surface area is 155 Å². The Balaban J connectivity index is 1.58. The molecule has 0 bridgehead atoms. The van der Waals surface area contributed by atoms with Crippen LogP contribution in [0.4, 0.5) is 0 Å². The Morgan fingerprint density at radius 1 is 1.29 bits per heavy atom. The summed E-state index contributed by atoms with van der Waals surface area (Å²) in [6.07, 6.45) is 6.50. The number of benzene rings is 1. The van der Waals surface area contributed by atoms with Crippen molar-refractivity contribution in [2.75, 3.05) is 19.5 Å². The molecule has 1 aliphatic heterocycles. The first-order valence-corrected chi connectivity index (χ1v) is 10.5. The molecule has 2 atom stereocenters. The topological polar surface area (TPSA) is 18.5 Å². The highest BCUT2D eigenvalue weighted by Gasteiger charge is 2.46. The smallest absolute Gasteiger partial charge is 0.168 e. The fourth-order valence-electron chi connectivity index (χ4n) is 3.89. The van der Waals surface area contributed by atoms with Gasteiger partial charge in [-0.15, -0.1) is 11.8 Å². The minimum Gasteiger partial charge on any atom is -0.349 e. The van der Waals surface area contributed by atoms with Crippen LogP contribution in [0.5, 0.6) is 0 Å². The van der Waals surface area contributed by atoms with E-state index < -0.39 is 0 Å². The molecule has 0 radical (unpaired) electrons. The lowest BCUT2D eigenvalue weighted by molar-refractivity contribution is -0.296. The molecular formula is C20H29ClO2S. The van der Waals surface area contributed by atoms with Crippen molar-refractivity contribution in [3.8, 4) is 0 Å².